The van der Waals surface area contributed by atoms with Crippen molar-refractivity contribution in [3.05, 3.63) is 64.0 Å². The minimum absolute atomic E-state index is 0.0484. The predicted molar refractivity (Wildman–Crippen MR) is 103 cm³/mol. The van der Waals surface area contributed by atoms with Crippen molar-refractivity contribution >= 4 is 17.3 Å². The third-order valence-corrected chi connectivity index (χ3v) is 4.71. The molecule has 1 aliphatic heterocycles. The number of anilines is 1. The molecule has 142 valence electrons. The Bertz CT molecular complexity index is 827. The van der Waals surface area contributed by atoms with Gasteiger partial charge in [0.15, 0.2) is 0 Å². The normalized spacial score (nSPS) is 18.0. The molecule has 0 radical (unpaired) electrons. The van der Waals surface area contributed by atoms with Gasteiger partial charge in [-0.15, -0.1) is 0 Å². The zero-order chi connectivity index (χ0) is 19.4. The van der Waals surface area contributed by atoms with E-state index in [1.165, 1.54) is 6.07 Å². The van der Waals surface area contributed by atoms with Gasteiger partial charge in [0.05, 0.1) is 16.7 Å². The van der Waals surface area contributed by atoms with Crippen LogP contribution < -0.4 is 10.6 Å². The summed E-state index contributed by atoms with van der Waals surface area (Å²) in [6.07, 6.45) is 1.68. The number of piperazine rings is 1. The number of carbonyl (C=O) groups is 1. The molecule has 0 bridgehead atoms. The molecule has 2 N–H and O–H groups in total. The number of pyridine rings is 1. The molecule has 1 unspecified atom stereocenters. The number of carbonyl (C=O) groups excluding carboxylic acids is 1. The quantitative estimate of drug-likeness (QED) is 0.621. The van der Waals surface area contributed by atoms with Crippen molar-refractivity contribution in [3.63, 3.8) is 0 Å². The van der Waals surface area contributed by atoms with E-state index < -0.39 is 4.92 Å². The fourth-order valence-corrected chi connectivity index (χ4v) is 3.19. The summed E-state index contributed by atoms with van der Waals surface area (Å²) in [5.74, 6) is -0.184. The lowest BCUT2D eigenvalue weighted by Gasteiger charge is -2.34. The average molecular weight is 369 g/mol. The molecule has 2 atom stereocenters. The van der Waals surface area contributed by atoms with Crippen LogP contribution in [0.2, 0.25) is 0 Å². The third kappa shape index (κ3) is 4.22. The van der Waals surface area contributed by atoms with Crippen LogP contribution >= 0.6 is 0 Å². The van der Waals surface area contributed by atoms with Gasteiger partial charge in [0, 0.05) is 43.5 Å². The number of nitrogens with zero attached hydrogens (tertiary/aromatic N) is 3. The van der Waals surface area contributed by atoms with E-state index >= 15 is 0 Å². The van der Waals surface area contributed by atoms with Crippen LogP contribution in [0.3, 0.4) is 0 Å². The average Bonchev–Trinajstić information content (AvgIpc) is 2.68. The zero-order valence-electron chi connectivity index (χ0n) is 15.4. The third-order valence-electron chi connectivity index (χ3n) is 4.71. The van der Waals surface area contributed by atoms with Crippen LogP contribution in [0, 0.1) is 10.1 Å². The Hall–Kier alpha value is -3.00. The smallest absolute Gasteiger partial charge is 0.293 e. The molecule has 3 rings (SSSR count). The van der Waals surface area contributed by atoms with Crippen molar-refractivity contribution < 1.29 is 9.72 Å². The molecule has 1 fully saturated rings. The van der Waals surface area contributed by atoms with Crippen LogP contribution in [0.15, 0.2) is 42.6 Å². The SMILES string of the molecule is CC(Nc1ccc(C(=O)N2CCNC[C@H]2C)cc1[N+](=O)[O-])c1ccccn1. The Morgan fingerprint density at radius 1 is 1.41 bits per heavy atom. The van der Waals surface area contributed by atoms with Gasteiger partial charge in [-0.2, -0.15) is 0 Å². The molecule has 1 saturated heterocycles. The fraction of sp³-hybridized carbons (Fsp3) is 0.368. The molecule has 8 heteroatoms. The Labute approximate surface area is 157 Å². The summed E-state index contributed by atoms with van der Waals surface area (Å²) in [5.41, 5.74) is 1.35. The first-order chi connectivity index (χ1) is 13.0. The Morgan fingerprint density at radius 2 is 2.22 bits per heavy atom. The Balaban J connectivity index is 1.84. The lowest BCUT2D eigenvalue weighted by molar-refractivity contribution is -0.384. The number of benzene rings is 1. The van der Waals surface area contributed by atoms with E-state index in [2.05, 4.69) is 15.6 Å². The molecule has 27 heavy (non-hydrogen) atoms. The molecule has 2 aromatic rings. The molecule has 1 aromatic heterocycles. The van der Waals surface area contributed by atoms with E-state index in [0.717, 1.165) is 18.8 Å². The molecule has 0 saturated carbocycles. The van der Waals surface area contributed by atoms with Gasteiger partial charge >= 0.3 is 0 Å². The summed E-state index contributed by atoms with van der Waals surface area (Å²) < 4.78 is 0. The summed E-state index contributed by atoms with van der Waals surface area (Å²) >= 11 is 0. The standard InChI is InChI=1S/C19H23N5O3/c1-13-12-20-9-10-23(13)19(25)15-6-7-17(18(11-15)24(26)27)22-14(2)16-5-3-4-8-21-16/h3-8,11,13-14,20,22H,9-10,12H2,1-2H3/t13-,14?/m1/s1. The predicted octanol–water partition coefficient (Wildman–Crippen LogP) is 2.60. The van der Waals surface area contributed by atoms with Crippen LogP contribution in [0.4, 0.5) is 11.4 Å². The Morgan fingerprint density at radius 3 is 2.89 bits per heavy atom. The largest absolute Gasteiger partial charge is 0.371 e. The first-order valence-electron chi connectivity index (χ1n) is 8.95. The number of nitro groups is 1. The number of hydrogen-bond acceptors (Lipinski definition) is 6. The van der Waals surface area contributed by atoms with Gasteiger partial charge in [-0.25, -0.2) is 0 Å². The number of hydrogen-bond donors (Lipinski definition) is 2. The number of amides is 1. The van der Waals surface area contributed by atoms with Gasteiger partial charge in [-0.3, -0.25) is 19.9 Å². The summed E-state index contributed by atoms with van der Waals surface area (Å²) in [6, 6.07) is 9.96. The van der Waals surface area contributed by atoms with E-state index in [1.807, 2.05) is 32.0 Å². The molecule has 0 aliphatic carbocycles. The van der Waals surface area contributed by atoms with E-state index in [9.17, 15) is 14.9 Å². The first kappa shape index (κ1) is 18.8. The maximum atomic E-state index is 12.8. The summed E-state index contributed by atoms with van der Waals surface area (Å²) in [4.78, 5) is 29.9. The van der Waals surface area contributed by atoms with Crippen molar-refractivity contribution in [1.82, 2.24) is 15.2 Å². The van der Waals surface area contributed by atoms with Crippen molar-refractivity contribution in [3.8, 4) is 0 Å². The maximum Gasteiger partial charge on any atom is 0.293 e. The van der Waals surface area contributed by atoms with Gasteiger partial charge in [0.2, 0.25) is 0 Å². The van der Waals surface area contributed by atoms with Crippen molar-refractivity contribution in [2.24, 2.45) is 0 Å². The van der Waals surface area contributed by atoms with Gasteiger partial charge in [0.25, 0.3) is 11.6 Å². The molecule has 1 aromatic carbocycles. The van der Waals surface area contributed by atoms with Crippen molar-refractivity contribution in [2.45, 2.75) is 25.9 Å². The summed E-state index contributed by atoms with van der Waals surface area (Å²) in [6.45, 7) is 5.87. The van der Waals surface area contributed by atoms with Gasteiger partial charge in [-0.1, -0.05) is 6.07 Å². The highest BCUT2D eigenvalue weighted by atomic mass is 16.6. The molecule has 1 aliphatic rings. The topological polar surface area (TPSA) is 100 Å². The number of nitro benzene ring substituents is 1. The molecular weight excluding hydrogens is 346 g/mol. The van der Waals surface area contributed by atoms with E-state index in [1.54, 1.807) is 23.2 Å². The van der Waals surface area contributed by atoms with Crippen LogP contribution in [-0.4, -0.2) is 46.4 Å². The second-order valence-corrected chi connectivity index (χ2v) is 6.66. The minimum atomic E-state index is -0.467. The summed E-state index contributed by atoms with van der Waals surface area (Å²) in [7, 11) is 0. The number of aromatic nitrogens is 1. The van der Waals surface area contributed by atoms with Gasteiger partial charge in [0.1, 0.15) is 5.69 Å². The highest BCUT2D eigenvalue weighted by Gasteiger charge is 2.26. The van der Waals surface area contributed by atoms with E-state index in [0.29, 0.717) is 17.8 Å². The van der Waals surface area contributed by atoms with Crippen LogP contribution in [0.25, 0.3) is 0 Å². The fourth-order valence-electron chi connectivity index (χ4n) is 3.19. The molecule has 8 nitrogen and oxygen atoms in total. The Kier molecular flexibility index (Phi) is 5.66. The molecule has 2 heterocycles. The maximum absolute atomic E-state index is 12.8. The second-order valence-electron chi connectivity index (χ2n) is 6.66. The highest BCUT2D eigenvalue weighted by Crippen LogP contribution is 2.29. The summed E-state index contributed by atoms with van der Waals surface area (Å²) in [5, 5.41) is 17.9. The molecular formula is C19H23N5O3. The zero-order valence-corrected chi connectivity index (χ0v) is 15.4. The second kappa shape index (κ2) is 8.13. The highest BCUT2D eigenvalue weighted by molar-refractivity contribution is 5.96. The van der Waals surface area contributed by atoms with E-state index in [4.69, 9.17) is 0 Å². The molecule has 1 amide bonds. The first-order valence-corrected chi connectivity index (χ1v) is 8.95. The number of rotatable bonds is 5. The monoisotopic (exact) mass is 369 g/mol. The van der Waals surface area contributed by atoms with E-state index in [-0.39, 0.29) is 23.7 Å². The lowest BCUT2D eigenvalue weighted by Crippen LogP contribution is -2.52. The lowest BCUT2D eigenvalue weighted by atomic mass is 10.1. The minimum Gasteiger partial charge on any atom is -0.371 e. The van der Waals surface area contributed by atoms with Crippen molar-refractivity contribution in [2.75, 3.05) is 25.0 Å². The van der Waals surface area contributed by atoms with Crippen LogP contribution in [0.1, 0.15) is 35.9 Å². The van der Waals surface area contributed by atoms with Crippen molar-refractivity contribution in [1.29, 1.82) is 0 Å². The van der Waals surface area contributed by atoms with Gasteiger partial charge < -0.3 is 15.5 Å². The van der Waals surface area contributed by atoms with Crippen LogP contribution in [0.5, 0.6) is 0 Å². The molecule has 0 spiro atoms. The van der Waals surface area contributed by atoms with Gasteiger partial charge in [-0.05, 0) is 38.1 Å². The number of nitrogens with one attached hydrogen (secondary N) is 2. The van der Waals surface area contributed by atoms with Crippen LogP contribution in [-0.2, 0) is 0 Å².